The van der Waals surface area contributed by atoms with Gasteiger partial charge in [0.1, 0.15) is 0 Å². The number of anilines is 1. The average Bonchev–Trinajstić information content (AvgIpc) is 2.59. The van der Waals surface area contributed by atoms with Crippen molar-refractivity contribution in [2.24, 2.45) is 5.92 Å². The van der Waals surface area contributed by atoms with Gasteiger partial charge in [0.25, 0.3) is 0 Å². The monoisotopic (exact) mass is 365 g/mol. The number of thioether (sulfide) groups is 1. The summed E-state index contributed by atoms with van der Waals surface area (Å²) in [5, 5.41) is 11.9. The molecule has 0 radical (unpaired) electrons. The first kappa shape index (κ1) is 19.6. The first-order valence-corrected chi connectivity index (χ1v) is 9.71. The lowest BCUT2D eigenvalue weighted by Gasteiger charge is -2.41. The number of hydrogen-bond acceptors (Lipinski definition) is 4. The first-order chi connectivity index (χ1) is 11.9. The van der Waals surface area contributed by atoms with Gasteiger partial charge in [0.2, 0.25) is 0 Å². The molecule has 2 N–H and O–H groups in total. The number of likely N-dealkylation sites (tertiary alicyclic amines) is 1. The Hall–Kier alpha value is -1.73. The molecule has 2 unspecified atom stereocenters. The van der Waals surface area contributed by atoms with Gasteiger partial charge in [-0.1, -0.05) is 6.07 Å². The summed E-state index contributed by atoms with van der Waals surface area (Å²) in [6, 6.07) is 7.96. The van der Waals surface area contributed by atoms with Gasteiger partial charge in [-0.25, -0.2) is 4.79 Å². The number of carboxylic acids is 1. The van der Waals surface area contributed by atoms with E-state index in [1.807, 2.05) is 44.6 Å². The molecule has 25 heavy (non-hydrogen) atoms. The van der Waals surface area contributed by atoms with Gasteiger partial charge in [0.05, 0.1) is 0 Å². The van der Waals surface area contributed by atoms with E-state index in [4.69, 9.17) is 5.11 Å². The van der Waals surface area contributed by atoms with Crippen LogP contribution in [-0.4, -0.2) is 66.4 Å². The summed E-state index contributed by atoms with van der Waals surface area (Å²) >= 11 is 1.63. The average molecular weight is 365 g/mol. The van der Waals surface area contributed by atoms with Gasteiger partial charge in [0, 0.05) is 36.1 Å². The SMILES string of the molecule is CSc1cccc(NC(=O)N2CCC(N(C)C)C(CCC(=O)O)C2)c1. The van der Waals surface area contributed by atoms with Crippen LogP contribution in [0.4, 0.5) is 10.5 Å². The van der Waals surface area contributed by atoms with Crippen molar-refractivity contribution in [1.29, 1.82) is 0 Å². The zero-order valence-corrected chi connectivity index (χ0v) is 15.9. The molecule has 0 spiro atoms. The lowest BCUT2D eigenvalue weighted by Crippen LogP contribution is -2.51. The van der Waals surface area contributed by atoms with E-state index >= 15 is 0 Å². The predicted molar refractivity (Wildman–Crippen MR) is 101 cm³/mol. The number of urea groups is 1. The highest BCUT2D eigenvalue weighted by atomic mass is 32.2. The molecule has 1 aliphatic heterocycles. The zero-order valence-electron chi connectivity index (χ0n) is 15.1. The molecular formula is C18H27N3O3S. The number of aliphatic carboxylic acids is 1. The minimum absolute atomic E-state index is 0.115. The Labute approximate surface area is 153 Å². The lowest BCUT2D eigenvalue weighted by atomic mass is 9.87. The largest absolute Gasteiger partial charge is 0.481 e. The highest BCUT2D eigenvalue weighted by molar-refractivity contribution is 7.98. The molecule has 6 nitrogen and oxygen atoms in total. The fraction of sp³-hybridized carbons (Fsp3) is 0.556. The molecule has 1 saturated heterocycles. The van der Waals surface area contributed by atoms with Crippen LogP contribution < -0.4 is 5.32 Å². The van der Waals surface area contributed by atoms with Gasteiger partial charge in [-0.3, -0.25) is 4.79 Å². The maximum Gasteiger partial charge on any atom is 0.321 e. The summed E-state index contributed by atoms with van der Waals surface area (Å²) in [4.78, 5) is 28.6. The normalized spacial score (nSPS) is 20.6. The third-order valence-corrected chi connectivity index (χ3v) is 5.42. The minimum atomic E-state index is -0.784. The second-order valence-electron chi connectivity index (χ2n) is 6.62. The van der Waals surface area contributed by atoms with E-state index in [-0.39, 0.29) is 18.4 Å². The van der Waals surface area contributed by atoms with Crippen molar-refractivity contribution >= 4 is 29.4 Å². The summed E-state index contributed by atoms with van der Waals surface area (Å²) in [6.07, 6.45) is 3.58. The topological polar surface area (TPSA) is 72.9 Å². The van der Waals surface area contributed by atoms with Crippen molar-refractivity contribution in [3.05, 3.63) is 24.3 Å². The molecule has 2 rings (SSSR count). The van der Waals surface area contributed by atoms with Gasteiger partial charge in [0.15, 0.2) is 0 Å². The van der Waals surface area contributed by atoms with Crippen molar-refractivity contribution < 1.29 is 14.7 Å². The van der Waals surface area contributed by atoms with Gasteiger partial charge >= 0.3 is 12.0 Å². The molecule has 2 amide bonds. The fourth-order valence-corrected chi connectivity index (χ4v) is 3.84. The fourth-order valence-electron chi connectivity index (χ4n) is 3.38. The summed E-state index contributed by atoms with van der Waals surface area (Å²) in [7, 11) is 4.03. The number of carbonyl (C=O) groups is 2. The maximum atomic E-state index is 12.6. The van der Waals surface area contributed by atoms with Crippen LogP contribution in [0.2, 0.25) is 0 Å². The summed E-state index contributed by atoms with van der Waals surface area (Å²) in [6.45, 7) is 1.27. The van der Waals surface area contributed by atoms with Crippen molar-refractivity contribution in [2.75, 3.05) is 38.8 Å². The summed E-state index contributed by atoms with van der Waals surface area (Å²) in [5.74, 6) is -0.615. The number of benzene rings is 1. The van der Waals surface area contributed by atoms with E-state index in [0.29, 0.717) is 25.6 Å². The van der Waals surface area contributed by atoms with E-state index < -0.39 is 5.97 Å². The molecule has 0 saturated carbocycles. The van der Waals surface area contributed by atoms with Crippen molar-refractivity contribution in [3.63, 3.8) is 0 Å². The Balaban J connectivity index is 2.00. The van der Waals surface area contributed by atoms with E-state index in [9.17, 15) is 9.59 Å². The predicted octanol–water partition coefficient (Wildman–Crippen LogP) is 3.06. The highest BCUT2D eigenvalue weighted by Gasteiger charge is 2.32. The number of hydrogen-bond donors (Lipinski definition) is 2. The van der Waals surface area contributed by atoms with E-state index in [2.05, 4.69) is 10.2 Å². The molecule has 138 valence electrons. The Morgan fingerprint density at radius 3 is 2.80 bits per heavy atom. The van der Waals surface area contributed by atoms with Crippen LogP contribution in [0.15, 0.2) is 29.2 Å². The lowest BCUT2D eigenvalue weighted by molar-refractivity contribution is -0.137. The Bertz CT molecular complexity index is 609. The second kappa shape index (κ2) is 9.10. The Morgan fingerprint density at radius 1 is 1.40 bits per heavy atom. The first-order valence-electron chi connectivity index (χ1n) is 8.49. The van der Waals surface area contributed by atoms with Crippen molar-refractivity contribution in [1.82, 2.24) is 9.80 Å². The quantitative estimate of drug-likeness (QED) is 0.758. The van der Waals surface area contributed by atoms with Crippen LogP contribution in [0.25, 0.3) is 0 Å². The van der Waals surface area contributed by atoms with Crippen LogP contribution in [-0.2, 0) is 4.79 Å². The molecule has 1 aliphatic rings. The number of amides is 2. The second-order valence-corrected chi connectivity index (χ2v) is 7.50. The van der Waals surface area contributed by atoms with Crippen LogP contribution >= 0.6 is 11.8 Å². The molecule has 1 aromatic carbocycles. The van der Waals surface area contributed by atoms with Gasteiger partial charge < -0.3 is 20.2 Å². The number of carboxylic acid groups (broad SMARTS) is 1. The molecule has 0 aromatic heterocycles. The van der Waals surface area contributed by atoms with E-state index in [1.54, 1.807) is 16.7 Å². The Morgan fingerprint density at radius 2 is 2.16 bits per heavy atom. The highest BCUT2D eigenvalue weighted by Crippen LogP contribution is 2.26. The molecule has 2 atom stereocenters. The number of nitrogens with one attached hydrogen (secondary N) is 1. The minimum Gasteiger partial charge on any atom is -0.481 e. The number of nitrogens with zero attached hydrogens (tertiary/aromatic N) is 2. The molecular weight excluding hydrogens is 338 g/mol. The van der Waals surface area contributed by atoms with Crippen LogP contribution in [0, 0.1) is 5.92 Å². The van der Waals surface area contributed by atoms with Crippen LogP contribution in [0.1, 0.15) is 19.3 Å². The van der Waals surface area contributed by atoms with Crippen molar-refractivity contribution in [3.8, 4) is 0 Å². The standard InChI is InChI=1S/C18H27N3O3S/c1-20(2)16-9-10-21(12-13(16)7-8-17(22)23)18(24)19-14-5-4-6-15(11-14)25-3/h4-6,11,13,16H,7-10,12H2,1-3H3,(H,19,24)(H,22,23). The van der Waals surface area contributed by atoms with Gasteiger partial charge in [-0.2, -0.15) is 0 Å². The van der Waals surface area contributed by atoms with Gasteiger partial charge in [-0.15, -0.1) is 11.8 Å². The molecule has 0 bridgehead atoms. The summed E-state index contributed by atoms with van der Waals surface area (Å²) < 4.78 is 0. The van der Waals surface area contributed by atoms with E-state index in [0.717, 1.165) is 17.0 Å². The number of carbonyl (C=O) groups excluding carboxylic acids is 1. The number of rotatable bonds is 6. The third kappa shape index (κ3) is 5.64. The number of piperidine rings is 1. The molecule has 1 heterocycles. The molecule has 0 aliphatic carbocycles. The molecule has 7 heteroatoms. The molecule has 1 aromatic rings. The van der Waals surface area contributed by atoms with Crippen molar-refractivity contribution in [2.45, 2.75) is 30.2 Å². The Kier molecular flexibility index (Phi) is 7.13. The molecule has 1 fully saturated rings. The van der Waals surface area contributed by atoms with Gasteiger partial charge in [-0.05, 0) is 57.3 Å². The van der Waals surface area contributed by atoms with Crippen LogP contribution in [0.3, 0.4) is 0 Å². The van der Waals surface area contributed by atoms with E-state index in [1.165, 1.54) is 0 Å². The smallest absolute Gasteiger partial charge is 0.321 e. The maximum absolute atomic E-state index is 12.6. The van der Waals surface area contributed by atoms with Crippen LogP contribution in [0.5, 0.6) is 0 Å². The third-order valence-electron chi connectivity index (χ3n) is 4.69. The summed E-state index contributed by atoms with van der Waals surface area (Å²) in [5.41, 5.74) is 0.786. The zero-order chi connectivity index (χ0) is 18.4.